The fraction of sp³-hybridized carbons (Fsp3) is 0.429. The van der Waals surface area contributed by atoms with Crippen LogP contribution in [-0.4, -0.2) is 20.6 Å². The molecule has 1 atom stereocenters. The first-order valence-corrected chi connectivity index (χ1v) is 6.19. The second-order valence-electron chi connectivity index (χ2n) is 5.00. The first-order valence-electron chi connectivity index (χ1n) is 6.19. The molecule has 0 amide bonds. The van der Waals surface area contributed by atoms with Gasteiger partial charge in [-0.2, -0.15) is 0 Å². The molecule has 1 aromatic heterocycles. The van der Waals surface area contributed by atoms with Crippen LogP contribution in [0.15, 0.2) is 24.3 Å². The first-order chi connectivity index (χ1) is 8.50. The molecule has 0 aliphatic rings. The van der Waals surface area contributed by atoms with Gasteiger partial charge >= 0.3 is 5.97 Å². The third kappa shape index (κ3) is 2.23. The Hall–Kier alpha value is -1.84. The third-order valence-electron chi connectivity index (χ3n) is 3.00. The maximum Gasteiger partial charge on any atom is 0.326 e. The van der Waals surface area contributed by atoms with Gasteiger partial charge in [0.2, 0.25) is 0 Å². The van der Waals surface area contributed by atoms with Crippen LogP contribution in [0.5, 0.6) is 0 Å². The van der Waals surface area contributed by atoms with E-state index in [1.165, 1.54) is 0 Å². The number of carboxylic acids is 1. The molecule has 1 heterocycles. The molecule has 0 radical (unpaired) electrons. The highest BCUT2D eigenvalue weighted by Gasteiger charge is 2.20. The van der Waals surface area contributed by atoms with Crippen molar-refractivity contribution < 1.29 is 9.90 Å². The van der Waals surface area contributed by atoms with E-state index in [-0.39, 0.29) is 0 Å². The van der Waals surface area contributed by atoms with Crippen LogP contribution in [0.1, 0.15) is 32.6 Å². The molecule has 0 saturated heterocycles. The van der Waals surface area contributed by atoms with Gasteiger partial charge in [-0.1, -0.05) is 26.0 Å². The molecule has 0 spiro atoms. The molecule has 1 aromatic carbocycles. The molecule has 0 unspecified atom stereocenters. The molecule has 2 aromatic rings. The number of hydrogen-bond donors (Lipinski definition) is 1. The summed E-state index contributed by atoms with van der Waals surface area (Å²) < 4.78 is 1.83. The normalized spacial score (nSPS) is 13.1. The second kappa shape index (κ2) is 4.80. The van der Waals surface area contributed by atoms with Crippen molar-refractivity contribution in [2.45, 2.75) is 33.2 Å². The SMILES string of the molecule is CC(C)Cc1nc2ccccc2n1[C@@H](C)C(=O)O. The van der Waals surface area contributed by atoms with Crippen LogP contribution < -0.4 is 0 Å². The largest absolute Gasteiger partial charge is 0.480 e. The minimum Gasteiger partial charge on any atom is -0.480 e. The van der Waals surface area contributed by atoms with Gasteiger partial charge in [0, 0.05) is 6.42 Å². The Bertz CT molecular complexity index is 572. The van der Waals surface area contributed by atoms with Crippen molar-refractivity contribution in [2.24, 2.45) is 5.92 Å². The number of rotatable bonds is 4. The van der Waals surface area contributed by atoms with E-state index in [4.69, 9.17) is 0 Å². The van der Waals surface area contributed by atoms with E-state index in [0.717, 1.165) is 23.3 Å². The van der Waals surface area contributed by atoms with Gasteiger partial charge in [-0.3, -0.25) is 0 Å². The molecule has 2 rings (SSSR count). The number of carbonyl (C=O) groups is 1. The number of carboxylic acid groups (broad SMARTS) is 1. The van der Waals surface area contributed by atoms with Crippen LogP contribution in [0.4, 0.5) is 0 Å². The predicted octanol–water partition coefficient (Wildman–Crippen LogP) is 2.88. The lowest BCUT2D eigenvalue weighted by Crippen LogP contribution is -2.18. The van der Waals surface area contributed by atoms with Gasteiger partial charge in [-0.05, 0) is 25.0 Å². The van der Waals surface area contributed by atoms with E-state index in [0.29, 0.717) is 5.92 Å². The third-order valence-corrected chi connectivity index (χ3v) is 3.00. The van der Waals surface area contributed by atoms with Gasteiger partial charge in [0.1, 0.15) is 11.9 Å². The molecule has 0 fully saturated rings. The zero-order valence-electron chi connectivity index (χ0n) is 10.9. The number of aliphatic carboxylic acids is 1. The number of hydrogen-bond acceptors (Lipinski definition) is 2. The molecule has 4 heteroatoms. The number of aromatic nitrogens is 2. The van der Waals surface area contributed by atoms with Crippen LogP contribution in [0.3, 0.4) is 0 Å². The molecule has 0 bridgehead atoms. The van der Waals surface area contributed by atoms with E-state index in [1.54, 1.807) is 6.92 Å². The zero-order valence-corrected chi connectivity index (χ0v) is 10.9. The summed E-state index contributed by atoms with van der Waals surface area (Å²) in [5.41, 5.74) is 1.75. The molecule has 1 N–H and O–H groups in total. The molecular formula is C14H18N2O2. The lowest BCUT2D eigenvalue weighted by Gasteiger charge is -2.14. The van der Waals surface area contributed by atoms with Crippen molar-refractivity contribution in [3.05, 3.63) is 30.1 Å². The van der Waals surface area contributed by atoms with E-state index >= 15 is 0 Å². The summed E-state index contributed by atoms with van der Waals surface area (Å²) >= 11 is 0. The first kappa shape index (κ1) is 12.6. The Kier molecular flexibility index (Phi) is 3.36. The Morgan fingerprint density at radius 1 is 1.33 bits per heavy atom. The summed E-state index contributed by atoms with van der Waals surface area (Å²) in [5.74, 6) is 0.464. The van der Waals surface area contributed by atoms with Crippen molar-refractivity contribution in [3.8, 4) is 0 Å². The van der Waals surface area contributed by atoms with Crippen molar-refractivity contribution in [1.29, 1.82) is 0 Å². The number of benzene rings is 1. The van der Waals surface area contributed by atoms with E-state index in [2.05, 4.69) is 18.8 Å². The Balaban J connectivity index is 2.61. The van der Waals surface area contributed by atoms with Gasteiger partial charge in [-0.25, -0.2) is 9.78 Å². The van der Waals surface area contributed by atoms with E-state index < -0.39 is 12.0 Å². The summed E-state index contributed by atoms with van der Waals surface area (Å²) in [5, 5.41) is 9.22. The maximum absolute atomic E-state index is 11.2. The van der Waals surface area contributed by atoms with Gasteiger partial charge in [0.25, 0.3) is 0 Å². The molecule has 0 aliphatic heterocycles. The highest BCUT2D eigenvalue weighted by molar-refractivity contribution is 5.80. The summed E-state index contributed by atoms with van der Waals surface area (Å²) in [6.07, 6.45) is 0.784. The van der Waals surface area contributed by atoms with E-state index in [9.17, 15) is 9.90 Å². The van der Waals surface area contributed by atoms with Gasteiger partial charge in [0.05, 0.1) is 11.0 Å². The lowest BCUT2D eigenvalue weighted by molar-refractivity contribution is -0.140. The molecule has 18 heavy (non-hydrogen) atoms. The summed E-state index contributed by atoms with van der Waals surface area (Å²) in [4.78, 5) is 15.8. The quantitative estimate of drug-likeness (QED) is 0.902. The standard InChI is InChI=1S/C14H18N2O2/c1-9(2)8-13-15-11-6-4-5-7-12(11)16(13)10(3)14(17)18/h4-7,9-10H,8H2,1-3H3,(H,17,18)/t10-/m0/s1. The topological polar surface area (TPSA) is 55.1 Å². The minimum atomic E-state index is -0.830. The molecule has 96 valence electrons. The van der Waals surface area contributed by atoms with Crippen LogP contribution >= 0.6 is 0 Å². The maximum atomic E-state index is 11.2. The van der Waals surface area contributed by atoms with Crippen LogP contribution in [0.25, 0.3) is 11.0 Å². The summed E-state index contributed by atoms with van der Waals surface area (Å²) in [6, 6.07) is 7.08. The molecule has 0 aliphatic carbocycles. The number of para-hydroxylation sites is 2. The van der Waals surface area contributed by atoms with Crippen molar-refractivity contribution in [2.75, 3.05) is 0 Å². The number of imidazole rings is 1. The highest BCUT2D eigenvalue weighted by Crippen LogP contribution is 2.23. The predicted molar refractivity (Wildman–Crippen MR) is 70.6 cm³/mol. The fourth-order valence-electron chi connectivity index (χ4n) is 2.15. The Morgan fingerprint density at radius 2 is 2.00 bits per heavy atom. The second-order valence-corrected chi connectivity index (χ2v) is 5.00. The molecule has 0 saturated carbocycles. The van der Waals surface area contributed by atoms with Crippen molar-refractivity contribution >= 4 is 17.0 Å². The van der Waals surface area contributed by atoms with E-state index in [1.807, 2.05) is 28.8 Å². The average molecular weight is 246 g/mol. The molecule has 4 nitrogen and oxygen atoms in total. The Labute approximate surface area is 106 Å². The monoisotopic (exact) mass is 246 g/mol. The summed E-state index contributed by atoms with van der Waals surface area (Å²) in [7, 11) is 0. The van der Waals surface area contributed by atoms with Gasteiger partial charge in [0.15, 0.2) is 0 Å². The van der Waals surface area contributed by atoms with Gasteiger partial charge in [-0.15, -0.1) is 0 Å². The van der Waals surface area contributed by atoms with Crippen LogP contribution in [0.2, 0.25) is 0 Å². The highest BCUT2D eigenvalue weighted by atomic mass is 16.4. The fourth-order valence-corrected chi connectivity index (χ4v) is 2.15. The minimum absolute atomic E-state index is 0.446. The van der Waals surface area contributed by atoms with Crippen LogP contribution in [-0.2, 0) is 11.2 Å². The Morgan fingerprint density at radius 3 is 2.61 bits per heavy atom. The molecular weight excluding hydrogens is 228 g/mol. The zero-order chi connectivity index (χ0) is 13.3. The number of nitrogens with zero attached hydrogens (tertiary/aromatic N) is 2. The smallest absolute Gasteiger partial charge is 0.326 e. The average Bonchev–Trinajstić information content (AvgIpc) is 2.64. The lowest BCUT2D eigenvalue weighted by atomic mass is 10.1. The number of fused-ring (bicyclic) bond motifs is 1. The van der Waals surface area contributed by atoms with Crippen LogP contribution in [0, 0.1) is 5.92 Å². The van der Waals surface area contributed by atoms with Crippen molar-refractivity contribution in [3.63, 3.8) is 0 Å². The summed E-state index contributed by atoms with van der Waals surface area (Å²) in [6.45, 7) is 5.91. The van der Waals surface area contributed by atoms with Gasteiger partial charge < -0.3 is 9.67 Å². The van der Waals surface area contributed by atoms with Crippen molar-refractivity contribution in [1.82, 2.24) is 9.55 Å².